The van der Waals surface area contributed by atoms with Crippen LogP contribution < -0.4 is 4.74 Å². The van der Waals surface area contributed by atoms with Crippen molar-refractivity contribution in [2.45, 2.75) is 13.0 Å². The Hall–Kier alpha value is -1.95. The molecular weight excluding hydrogens is 178 g/mol. The molecule has 14 heavy (non-hydrogen) atoms. The van der Waals surface area contributed by atoms with Gasteiger partial charge in [-0.05, 0) is 37.3 Å². The number of phenols is 1. The normalized spacial score (nSPS) is 12.3. The number of aromatic hydroxyl groups is 1. The molecule has 0 amide bonds. The van der Waals surface area contributed by atoms with Crippen LogP contribution in [0.25, 0.3) is 0 Å². The summed E-state index contributed by atoms with van der Waals surface area (Å²) in [4.78, 5) is 0. The zero-order valence-electron chi connectivity index (χ0n) is 7.84. The van der Waals surface area contributed by atoms with Crippen LogP contribution in [0.15, 0.2) is 36.4 Å². The number of ether oxygens (including phenoxy) is 1. The molecule has 0 aliphatic heterocycles. The van der Waals surface area contributed by atoms with Crippen LogP contribution in [-0.4, -0.2) is 11.2 Å². The van der Waals surface area contributed by atoms with Gasteiger partial charge in [0.2, 0.25) is 0 Å². The van der Waals surface area contributed by atoms with E-state index in [0.717, 1.165) is 0 Å². The zero-order chi connectivity index (χ0) is 10.4. The fourth-order valence-corrected chi connectivity index (χ4v) is 0.957. The number of hydrogen-bond donors (Lipinski definition) is 1. The Labute approximate surface area is 82.9 Å². The molecule has 1 unspecified atom stereocenters. The second kappa shape index (κ2) is 4.93. The van der Waals surface area contributed by atoms with Gasteiger partial charge in [-0.25, -0.2) is 0 Å². The topological polar surface area (TPSA) is 53.2 Å². The summed E-state index contributed by atoms with van der Waals surface area (Å²) in [6.45, 7) is 1.83. The molecule has 1 aromatic rings. The standard InChI is InChI=1S/C11H11NO2/c1-9(3-2-8-12)14-11-6-4-10(13)5-7-11/h2-7,9,13H,1H3/b3-2+. The van der Waals surface area contributed by atoms with E-state index >= 15 is 0 Å². The lowest BCUT2D eigenvalue weighted by Gasteiger charge is -2.09. The third kappa shape index (κ3) is 3.20. The first-order valence-corrected chi connectivity index (χ1v) is 4.24. The van der Waals surface area contributed by atoms with Crippen molar-refractivity contribution in [2.75, 3.05) is 0 Å². The van der Waals surface area contributed by atoms with Gasteiger partial charge >= 0.3 is 0 Å². The summed E-state index contributed by atoms with van der Waals surface area (Å²) < 4.78 is 5.42. The van der Waals surface area contributed by atoms with E-state index in [2.05, 4.69) is 0 Å². The van der Waals surface area contributed by atoms with Crippen molar-refractivity contribution in [3.8, 4) is 17.6 Å². The number of hydrogen-bond acceptors (Lipinski definition) is 3. The van der Waals surface area contributed by atoms with Gasteiger partial charge < -0.3 is 9.84 Å². The fraction of sp³-hybridized carbons (Fsp3) is 0.182. The molecule has 0 saturated carbocycles. The van der Waals surface area contributed by atoms with Gasteiger partial charge in [0.1, 0.15) is 17.6 Å². The minimum Gasteiger partial charge on any atom is -0.508 e. The lowest BCUT2D eigenvalue weighted by molar-refractivity contribution is 0.269. The molecule has 1 aromatic carbocycles. The molecular formula is C11H11NO2. The average molecular weight is 189 g/mol. The monoisotopic (exact) mass is 189 g/mol. The summed E-state index contributed by atoms with van der Waals surface area (Å²) >= 11 is 0. The Morgan fingerprint density at radius 2 is 2.07 bits per heavy atom. The van der Waals surface area contributed by atoms with E-state index in [0.29, 0.717) is 5.75 Å². The minimum atomic E-state index is -0.154. The van der Waals surface area contributed by atoms with E-state index < -0.39 is 0 Å². The van der Waals surface area contributed by atoms with Crippen molar-refractivity contribution < 1.29 is 9.84 Å². The third-order valence-corrected chi connectivity index (χ3v) is 1.60. The molecule has 3 heteroatoms. The molecule has 3 nitrogen and oxygen atoms in total. The maximum absolute atomic E-state index is 9.02. The van der Waals surface area contributed by atoms with Gasteiger partial charge in [0, 0.05) is 6.08 Å². The summed E-state index contributed by atoms with van der Waals surface area (Å²) in [5.74, 6) is 0.871. The average Bonchev–Trinajstić information content (AvgIpc) is 2.18. The Morgan fingerprint density at radius 1 is 1.43 bits per heavy atom. The molecule has 0 aromatic heterocycles. The summed E-state index contributed by atoms with van der Waals surface area (Å²) in [5.41, 5.74) is 0. The van der Waals surface area contributed by atoms with E-state index in [1.165, 1.54) is 6.08 Å². The van der Waals surface area contributed by atoms with Crippen LogP contribution in [0.4, 0.5) is 0 Å². The van der Waals surface area contributed by atoms with E-state index in [-0.39, 0.29) is 11.9 Å². The third-order valence-electron chi connectivity index (χ3n) is 1.60. The molecule has 0 saturated heterocycles. The Balaban J connectivity index is 2.57. The lowest BCUT2D eigenvalue weighted by atomic mass is 10.3. The second-order valence-electron chi connectivity index (χ2n) is 2.81. The van der Waals surface area contributed by atoms with Crippen molar-refractivity contribution in [1.29, 1.82) is 5.26 Å². The van der Waals surface area contributed by atoms with Crippen LogP contribution in [0.1, 0.15) is 6.92 Å². The van der Waals surface area contributed by atoms with Crippen LogP contribution in [0.3, 0.4) is 0 Å². The quantitative estimate of drug-likeness (QED) is 0.742. The predicted molar refractivity (Wildman–Crippen MR) is 52.9 cm³/mol. The summed E-state index contributed by atoms with van der Waals surface area (Å²) in [7, 11) is 0. The van der Waals surface area contributed by atoms with Crippen molar-refractivity contribution in [1.82, 2.24) is 0 Å². The summed E-state index contributed by atoms with van der Waals surface area (Å²) in [6.07, 6.45) is 2.89. The number of rotatable bonds is 3. The number of phenolic OH excluding ortho intramolecular Hbond substituents is 1. The molecule has 1 N–H and O–H groups in total. The second-order valence-corrected chi connectivity index (χ2v) is 2.81. The van der Waals surface area contributed by atoms with Crippen LogP contribution in [0.2, 0.25) is 0 Å². The molecule has 0 bridgehead atoms. The first kappa shape index (κ1) is 10.1. The molecule has 0 spiro atoms. The number of allylic oxidation sites excluding steroid dienone is 1. The fourth-order valence-electron chi connectivity index (χ4n) is 0.957. The molecule has 0 aliphatic rings. The molecule has 0 aliphatic carbocycles. The highest BCUT2D eigenvalue weighted by Crippen LogP contribution is 2.17. The first-order chi connectivity index (χ1) is 6.72. The Bertz CT molecular complexity index is 349. The highest BCUT2D eigenvalue weighted by atomic mass is 16.5. The largest absolute Gasteiger partial charge is 0.508 e. The van der Waals surface area contributed by atoms with E-state index in [4.69, 9.17) is 15.1 Å². The molecule has 0 heterocycles. The van der Waals surface area contributed by atoms with Crippen LogP contribution in [0, 0.1) is 11.3 Å². The Kier molecular flexibility index (Phi) is 3.57. The van der Waals surface area contributed by atoms with E-state index in [9.17, 15) is 0 Å². The van der Waals surface area contributed by atoms with Crippen LogP contribution >= 0.6 is 0 Å². The maximum Gasteiger partial charge on any atom is 0.120 e. The van der Waals surface area contributed by atoms with Crippen molar-refractivity contribution in [2.24, 2.45) is 0 Å². The highest BCUT2D eigenvalue weighted by molar-refractivity contribution is 5.30. The summed E-state index contributed by atoms with van der Waals surface area (Å²) in [5, 5.41) is 17.3. The molecule has 1 atom stereocenters. The first-order valence-electron chi connectivity index (χ1n) is 4.24. The van der Waals surface area contributed by atoms with Gasteiger partial charge in [0.25, 0.3) is 0 Å². The molecule has 0 fully saturated rings. The van der Waals surface area contributed by atoms with Gasteiger partial charge in [-0.2, -0.15) is 5.26 Å². The van der Waals surface area contributed by atoms with Crippen LogP contribution in [-0.2, 0) is 0 Å². The smallest absolute Gasteiger partial charge is 0.120 e. The van der Waals surface area contributed by atoms with Crippen LogP contribution in [0.5, 0.6) is 11.5 Å². The number of nitrogens with zero attached hydrogens (tertiary/aromatic N) is 1. The SMILES string of the molecule is CC(/C=C/C#N)Oc1ccc(O)cc1. The lowest BCUT2D eigenvalue weighted by Crippen LogP contribution is -2.07. The predicted octanol–water partition coefficient (Wildman–Crippen LogP) is 2.24. The number of nitriles is 1. The molecule has 72 valence electrons. The van der Waals surface area contributed by atoms with Gasteiger partial charge in [-0.15, -0.1) is 0 Å². The Morgan fingerprint density at radius 3 is 2.64 bits per heavy atom. The highest BCUT2D eigenvalue weighted by Gasteiger charge is 1.98. The zero-order valence-corrected chi connectivity index (χ0v) is 7.84. The van der Waals surface area contributed by atoms with Gasteiger partial charge in [-0.3, -0.25) is 0 Å². The van der Waals surface area contributed by atoms with Crippen molar-refractivity contribution >= 4 is 0 Å². The summed E-state index contributed by atoms with van der Waals surface area (Å²) in [6, 6.07) is 8.34. The van der Waals surface area contributed by atoms with Gasteiger partial charge in [-0.1, -0.05) is 0 Å². The maximum atomic E-state index is 9.02. The van der Waals surface area contributed by atoms with Gasteiger partial charge in [0.05, 0.1) is 6.07 Å². The van der Waals surface area contributed by atoms with E-state index in [1.807, 2.05) is 13.0 Å². The van der Waals surface area contributed by atoms with E-state index in [1.54, 1.807) is 30.3 Å². The molecule has 1 rings (SSSR count). The molecule has 0 radical (unpaired) electrons. The van der Waals surface area contributed by atoms with Gasteiger partial charge in [0.15, 0.2) is 0 Å². The van der Waals surface area contributed by atoms with Crippen molar-refractivity contribution in [3.63, 3.8) is 0 Å². The van der Waals surface area contributed by atoms with Crippen molar-refractivity contribution in [3.05, 3.63) is 36.4 Å². The number of benzene rings is 1. The minimum absolute atomic E-state index is 0.154.